The molecule has 1 N–H and O–H groups in total. The van der Waals surface area contributed by atoms with Crippen molar-refractivity contribution in [2.45, 2.75) is 18.9 Å². The fourth-order valence-corrected chi connectivity index (χ4v) is 2.20. The molecule has 112 valence electrons. The van der Waals surface area contributed by atoms with E-state index in [-0.39, 0.29) is 0 Å². The largest absolute Gasteiger partial charge is 0.493 e. The van der Waals surface area contributed by atoms with Gasteiger partial charge in [-0.3, -0.25) is 4.98 Å². The van der Waals surface area contributed by atoms with E-state index in [9.17, 15) is 9.50 Å². The molecule has 0 aliphatic rings. The van der Waals surface area contributed by atoms with E-state index >= 15 is 0 Å². The summed E-state index contributed by atoms with van der Waals surface area (Å²) in [6.45, 7) is 1.63. The van der Waals surface area contributed by atoms with Crippen LogP contribution in [0.3, 0.4) is 0 Å². The Morgan fingerprint density at radius 3 is 2.48 bits per heavy atom. The first-order valence-electron chi connectivity index (χ1n) is 6.50. The third-order valence-electron chi connectivity index (χ3n) is 3.32. The number of aromatic nitrogens is 1. The van der Waals surface area contributed by atoms with Crippen LogP contribution in [0.15, 0.2) is 36.7 Å². The van der Waals surface area contributed by atoms with Crippen LogP contribution in [0.5, 0.6) is 11.5 Å². The van der Waals surface area contributed by atoms with Crippen molar-refractivity contribution in [2.75, 3.05) is 14.2 Å². The van der Waals surface area contributed by atoms with Crippen molar-refractivity contribution in [3.8, 4) is 11.5 Å². The maximum Gasteiger partial charge on any atom is 0.160 e. The molecule has 0 aliphatic carbocycles. The minimum absolute atomic E-state index is 0.304. The first kappa shape index (κ1) is 15.3. The quantitative estimate of drug-likeness (QED) is 0.920. The lowest BCUT2D eigenvalue weighted by atomic mass is 9.90. The van der Waals surface area contributed by atoms with Gasteiger partial charge in [-0.1, -0.05) is 6.07 Å². The van der Waals surface area contributed by atoms with Crippen LogP contribution in [0.2, 0.25) is 0 Å². The summed E-state index contributed by atoms with van der Waals surface area (Å²) in [6, 6.07) is 6.68. The van der Waals surface area contributed by atoms with E-state index < -0.39 is 11.4 Å². The SMILES string of the molecule is COc1ccc(CC(C)(O)c2cncc(F)c2)cc1OC. The van der Waals surface area contributed by atoms with Crippen molar-refractivity contribution in [1.82, 2.24) is 4.98 Å². The van der Waals surface area contributed by atoms with Crippen LogP contribution in [0.25, 0.3) is 0 Å². The van der Waals surface area contributed by atoms with Gasteiger partial charge in [0.1, 0.15) is 5.82 Å². The third-order valence-corrected chi connectivity index (χ3v) is 3.32. The Hall–Kier alpha value is -2.14. The molecule has 4 nitrogen and oxygen atoms in total. The van der Waals surface area contributed by atoms with E-state index in [0.29, 0.717) is 23.5 Å². The average Bonchev–Trinajstić information content (AvgIpc) is 2.46. The van der Waals surface area contributed by atoms with Crippen LogP contribution in [0.4, 0.5) is 4.39 Å². The highest BCUT2D eigenvalue weighted by Gasteiger charge is 2.25. The van der Waals surface area contributed by atoms with Gasteiger partial charge in [-0.2, -0.15) is 0 Å². The number of rotatable bonds is 5. The topological polar surface area (TPSA) is 51.6 Å². The van der Waals surface area contributed by atoms with Gasteiger partial charge in [0.2, 0.25) is 0 Å². The normalized spacial score (nSPS) is 13.6. The summed E-state index contributed by atoms with van der Waals surface area (Å²) in [6.07, 6.45) is 2.87. The van der Waals surface area contributed by atoms with Crippen LogP contribution in [0, 0.1) is 5.82 Å². The molecule has 0 bridgehead atoms. The van der Waals surface area contributed by atoms with E-state index in [4.69, 9.17) is 9.47 Å². The van der Waals surface area contributed by atoms with Gasteiger partial charge >= 0.3 is 0 Å². The lowest BCUT2D eigenvalue weighted by Crippen LogP contribution is -2.24. The zero-order valence-corrected chi connectivity index (χ0v) is 12.3. The lowest BCUT2D eigenvalue weighted by molar-refractivity contribution is 0.0568. The van der Waals surface area contributed by atoms with Crippen LogP contribution in [-0.4, -0.2) is 24.3 Å². The lowest BCUT2D eigenvalue weighted by Gasteiger charge is -2.24. The zero-order valence-electron chi connectivity index (χ0n) is 12.3. The number of pyridine rings is 1. The number of methoxy groups -OCH3 is 2. The Morgan fingerprint density at radius 2 is 1.86 bits per heavy atom. The molecule has 0 saturated heterocycles. The monoisotopic (exact) mass is 291 g/mol. The Labute approximate surface area is 123 Å². The van der Waals surface area contributed by atoms with E-state index in [1.54, 1.807) is 33.3 Å². The van der Waals surface area contributed by atoms with Gasteiger partial charge in [0.05, 0.1) is 26.0 Å². The predicted molar refractivity (Wildman–Crippen MR) is 77.0 cm³/mol. The molecule has 1 unspecified atom stereocenters. The Kier molecular flexibility index (Phi) is 4.43. The number of hydrogen-bond donors (Lipinski definition) is 1. The summed E-state index contributed by atoms with van der Waals surface area (Å²) in [5.74, 6) is 0.733. The molecule has 2 rings (SSSR count). The van der Waals surface area contributed by atoms with Crippen LogP contribution < -0.4 is 9.47 Å². The molecule has 0 amide bonds. The molecule has 0 radical (unpaired) electrons. The highest BCUT2D eigenvalue weighted by molar-refractivity contribution is 5.43. The number of ether oxygens (including phenoxy) is 2. The molecule has 0 saturated carbocycles. The Bertz CT molecular complexity index is 629. The fraction of sp³-hybridized carbons (Fsp3) is 0.312. The van der Waals surface area contributed by atoms with Crippen molar-refractivity contribution in [1.29, 1.82) is 0 Å². The Balaban J connectivity index is 2.28. The molecule has 1 heterocycles. The van der Waals surface area contributed by atoms with Gasteiger partial charge in [0.25, 0.3) is 0 Å². The number of benzene rings is 1. The molecule has 1 aromatic carbocycles. The van der Waals surface area contributed by atoms with Gasteiger partial charge in [0, 0.05) is 18.2 Å². The summed E-state index contributed by atoms with van der Waals surface area (Å²) < 4.78 is 23.7. The molecule has 0 fully saturated rings. The van der Waals surface area contributed by atoms with E-state index in [0.717, 1.165) is 11.8 Å². The minimum atomic E-state index is -1.23. The molecule has 1 aromatic heterocycles. The number of aliphatic hydroxyl groups is 1. The number of halogens is 1. The summed E-state index contributed by atoms with van der Waals surface area (Å²) in [5, 5.41) is 10.6. The van der Waals surface area contributed by atoms with Crippen molar-refractivity contribution >= 4 is 0 Å². The standard InChI is InChI=1S/C16H18FNO3/c1-16(19,12-7-13(17)10-18-9-12)8-11-4-5-14(20-2)15(6-11)21-3/h4-7,9-10,19H,8H2,1-3H3. The minimum Gasteiger partial charge on any atom is -0.493 e. The summed E-state index contributed by atoms with van der Waals surface area (Å²) in [5.41, 5.74) is 0.0496. The Morgan fingerprint density at radius 1 is 1.14 bits per heavy atom. The first-order valence-corrected chi connectivity index (χ1v) is 6.50. The van der Waals surface area contributed by atoms with Crippen molar-refractivity contribution in [3.05, 3.63) is 53.6 Å². The maximum absolute atomic E-state index is 13.2. The number of nitrogens with zero attached hydrogens (tertiary/aromatic N) is 1. The van der Waals surface area contributed by atoms with Gasteiger partial charge in [-0.25, -0.2) is 4.39 Å². The number of hydrogen-bond acceptors (Lipinski definition) is 4. The van der Waals surface area contributed by atoms with Crippen LogP contribution in [-0.2, 0) is 12.0 Å². The maximum atomic E-state index is 13.2. The van der Waals surface area contributed by atoms with E-state index in [1.165, 1.54) is 12.3 Å². The second-order valence-electron chi connectivity index (χ2n) is 5.03. The van der Waals surface area contributed by atoms with Crippen molar-refractivity contribution in [2.24, 2.45) is 0 Å². The second kappa shape index (κ2) is 6.10. The molecule has 21 heavy (non-hydrogen) atoms. The summed E-state index contributed by atoms with van der Waals surface area (Å²) in [4.78, 5) is 3.77. The molecular formula is C16H18FNO3. The highest BCUT2D eigenvalue weighted by Crippen LogP contribution is 2.31. The van der Waals surface area contributed by atoms with Gasteiger partial charge in [0.15, 0.2) is 11.5 Å². The van der Waals surface area contributed by atoms with Crippen LogP contribution >= 0.6 is 0 Å². The molecular weight excluding hydrogens is 273 g/mol. The van der Waals surface area contributed by atoms with Gasteiger partial charge < -0.3 is 14.6 Å². The molecule has 0 spiro atoms. The van der Waals surface area contributed by atoms with Crippen molar-refractivity contribution < 1.29 is 19.0 Å². The molecule has 0 aliphatic heterocycles. The summed E-state index contributed by atoms with van der Waals surface area (Å²) in [7, 11) is 3.11. The first-order chi connectivity index (χ1) is 9.96. The molecule has 2 aromatic rings. The van der Waals surface area contributed by atoms with Crippen molar-refractivity contribution in [3.63, 3.8) is 0 Å². The smallest absolute Gasteiger partial charge is 0.160 e. The van der Waals surface area contributed by atoms with Crippen LogP contribution in [0.1, 0.15) is 18.1 Å². The van der Waals surface area contributed by atoms with Gasteiger partial charge in [-0.05, 0) is 30.7 Å². The third kappa shape index (κ3) is 3.49. The highest BCUT2D eigenvalue weighted by atomic mass is 19.1. The summed E-state index contributed by atoms with van der Waals surface area (Å²) >= 11 is 0. The zero-order chi connectivity index (χ0) is 15.5. The van der Waals surface area contributed by atoms with E-state index in [1.807, 2.05) is 6.07 Å². The second-order valence-corrected chi connectivity index (χ2v) is 5.03. The van der Waals surface area contributed by atoms with E-state index in [2.05, 4.69) is 4.98 Å². The average molecular weight is 291 g/mol. The molecule has 5 heteroatoms. The fourth-order valence-electron chi connectivity index (χ4n) is 2.20. The van der Waals surface area contributed by atoms with Gasteiger partial charge in [-0.15, -0.1) is 0 Å². The predicted octanol–water partition coefficient (Wildman–Crippen LogP) is 2.69. The molecule has 1 atom stereocenters.